The first-order valence-electron chi connectivity index (χ1n) is 11.3. The molecule has 3 rings (SSSR count). The van der Waals surface area contributed by atoms with Crippen LogP contribution in [0.1, 0.15) is 48.2 Å². The highest BCUT2D eigenvalue weighted by Crippen LogP contribution is 2.60. The van der Waals surface area contributed by atoms with Gasteiger partial charge in [-0.25, -0.2) is 4.98 Å². The van der Waals surface area contributed by atoms with E-state index in [0.29, 0.717) is 17.4 Å². The smallest absolute Gasteiger partial charge is 0.355 e. The summed E-state index contributed by atoms with van der Waals surface area (Å²) in [6.45, 7) is 3.39. The molecular formula is C24H27F3N5O4P. The van der Waals surface area contributed by atoms with Crippen molar-refractivity contribution >= 4 is 36.6 Å². The van der Waals surface area contributed by atoms with E-state index in [0.717, 1.165) is 0 Å². The number of nitrogens with one attached hydrogen (secondary N) is 3. The topological polar surface area (TPSA) is 136 Å². The molecule has 198 valence electrons. The zero-order valence-electron chi connectivity index (χ0n) is 20.3. The van der Waals surface area contributed by atoms with E-state index in [1.165, 1.54) is 19.2 Å². The Labute approximate surface area is 211 Å². The van der Waals surface area contributed by atoms with Crippen LogP contribution < -0.4 is 16.0 Å². The van der Waals surface area contributed by atoms with Gasteiger partial charge in [-0.3, -0.25) is 9.36 Å². The van der Waals surface area contributed by atoms with Crippen molar-refractivity contribution < 1.29 is 32.3 Å². The summed E-state index contributed by atoms with van der Waals surface area (Å²) >= 11 is 0. The molecule has 0 bridgehead atoms. The normalized spacial score (nSPS) is 12.2. The third kappa shape index (κ3) is 5.93. The highest BCUT2D eigenvalue weighted by atomic mass is 31.2. The molecule has 0 radical (unpaired) electrons. The number of carbonyl (C=O) groups is 1. The van der Waals surface area contributed by atoms with Crippen LogP contribution in [0.2, 0.25) is 0 Å². The Balaban J connectivity index is 1.96. The summed E-state index contributed by atoms with van der Waals surface area (Å²) in [5.74, 6) is -1.21. The van der Waals surface area contributed by atoms with Gasteiger partial charge in [-0.15, -0.1) is 0 Å². The Morgan fingerprint density at radius 2 is 1.62 bits per heavy atom. The molecule has 0 aliphatic carbocycles. The molecular weight excluding hydrogens is 510 g/mol. The highest BCUT2D eigenvalue weighted by Gasteiger charge is 2.45. The number of alkyl halides is 3. The second-order valence-corrected chi connectivity index (χ2v) is 10.1. The van der Waals surface area contributed by atoms with Crippen molar-refractivity contribution in [3.8, 4) is 0 Å². The SMILES string of the molecule is CCC(CC)(c1ccc(Nc2ncc(C(F)(F)F)c(Nc3ccccc3C(=O)NC)n2)cc1)P(=O)(O)O. The summed E-state index contributed by atoms with van der Waals surface area (Å²) < 4.78 is 53.2. The molecule has 1 aromatic heterocycles. The van der Waals surface area contributed by atoms with E-state index in [2.05, 4.69) is 25.9 Å². The number of hydrogen-bond donors (Lipinski definition) is 5. The fourth-order valence-electron chi connectivity index (χ4n) is 4.03. The van der Waals surface area contributed by atoms with Crippen molar-refractivity contribution in [2.75, 3.05) is 17.7 Å². The van der Waals surface area contributed by atoms with Crippen LogP contribution in [0.5, 0.6) is 0 Å². The van der Waals surface area contributed by atoms with E-state index in [4.69, 9.17) is 0 Å². The van der Waals surface area contributed by atoms with Gasteiger partial charge in [0.1, 0.15) is 11.4 Å². The van der Waals surface area contributed by atoms with Crippen molar-refractivity contribution in [2.24, 2.45) is 0 Å². The molecule has 5 N–H and O–H groups in total. The van der Waals surface area contributed by atoms with E-state index in [9.17, 15) is 32.3 Å². The van der Waals surface area contributed by atoms with Crippen LogP contribution in [0.3, 0.4) is 0 Å². The molecule has 0 saturated heterocycles. The van der Waals surface area contributed by atoms with Crippen LogP contribution >= 0.6 is 7.60 Å². The van der Waals surface area contributed by atoms with Gasteiger partial charge in [-0.05, 0) is 42.7 Å². The van der Waals surface area contributed by atoms with Crippen molar-refractivity contribution in [3.05, 3.63) is 71.4 Å². The van der Waals surface area contributed by atoms with E-state index < -0.39 is 36.2 Å². The summed E-state index contributed by atoms with van der Waals surface area (Å²) in [5, 5.41) is 6.49. The monoisotopic (exact) mass is 537 g/mol. The number of nitrogens with zero attached hydrogens (tertiary/aromatic N) is 2. The van der Waals surface area contributed by atoms with Crippen molar-refractivity contribution in [2.45, 2.75) is 38.0 Å². The Bertz CT molecular complexity index is 1310. The second kappa shape index (κ2) is 10.9. The summed E-state index contributed by atoms with van der Waals surface area (Å²) in [6.07, 6.45) is -3.71. The van der Waals surface area contributed by atoms with Gasteiger partial charge < -0.3 is 25.7 Å². The summed E-state index contributed by atoms with van der Waals surface area (Å²) in [6, 6.07) is 12.2. The van der Waals surface area contributed by atoms with Gasteiger partial charge in [0.2, 0.25) is 5.95 Å². The van der Waals surface area contributed by atoms with Gasteiger partial charge in [0.25, 0.3) is 5.91 Å². The predicted octanol–water partition coefficient (Wildman–Crippen LogP) is 5.54. The Kier molecular flexibility index (Phi) is 8.26. The first-order valence-corrected chi connectivity index (χ1v) is 12.9. The molecule has 0 atom stereocenters. The maximum Gasteiger partial charge on any atom is 0.421 e. The average molecular weight is 537 g/mol. The molecule has 0 fully saturated rings. The lowest BCUT2D eigenvalue weighted by atomic mass is 9.92. The number of hydrogen-bond acceptors (Lipinski definition) is 6. The van der Waals surface area contributed by atoms with E-state index >= 15 is 0 Å². The van der Waals surface area contributed by atoms with Crippen LogP contribution in [-0.4, -0.2) is 32.7 Å². The fraction of sp³-hybridized carbons (Fsp3) is 0.292. The van der Waals surface area contributed by atoms with Gasteiger partial charge >= 0.3 is 13.8 Å². The van der Waals surface area contributed by atoms with Crippen LogP contribution in [0, 0.1) is 0 Å². The first-order chi connectivity index (χ1) is 17.4. The lowest BCUT2D eigenvalue weighted by Crippen LogP contribution is -2.24. The third-order valence-electron chi connectivity index (χ3n) is 6.15. The largest absolute Gasteiger partial charge is 0.421 e. The molecule has 37 heavy (non-hydrogen) atoms. The predicted molar refractivity (Wildman–Crippen MR) is 134 cm³/mol. The lowest BCUT2D eigenvalue weighted by molar-refractivity contribution is -0.137. The molecule has 9 nitrogen and oxygen atoms in total. The van der Waals surface area contributed by atoms with Crippen LogP contribution in [0.25, 0.3) is 0 Å². The molecule has 0 aliphatic heterocycles. The molecule has 0 aliphatic rings. The molecule has 0 spiro atoms. The zero-order chi connectivity index (χ0) is 27.4. The van der Waals surface area contributed by atoms with E-state index in [1.807, 2.05) is 0 Å². The minimum atomic E-state index is -4.77. The van der Waals surface area contributed by atoms with Crippen LogP contribution in [-0.2, 0) is 15.9 Å². The maximum atomic E-state index is 13.7. The number of benzene rings is 2. The number of aromatic nitrogens is 2. The maximum absolute atomic E-state index is 13.7. The Hall–Kier alpha value is -3.47. The number of rotatable bonds is 9. The van der Waals surface area contributed by atoms with Crippen LogP contribution in [0.4, 0.5) is 36.3 Å². The number of amides is 1. The zero-order valence-corrected chi connectivity index (χ0v) is 21.2. The van der Waals surface area contributed by atoms with Gasteiger partial charge in [0.15, 0.2) is 0 Å². The average Bonchev–Trinajstić information content (AvgIpc) is 2.84. The molecule has 0 unspecified atom stereocenters. The highest BCUT2D eigenvalue weighted by molar-refractivity contribution is 7.53. The van der Waals surface area contributed by atoms with Crippen molar-refractivity contribution in [1.82, 2.24) is 15.3 Å². The number of anilines is 4. The van der Waals surface area contributed by atoms with E-state index in [-0.39, 0.29) is 30.0 Å². The second-order valence-electron chi connectivity index (χ2n) is 8.19. The molecule has 3 aromatic rings. The first kappa shape index (κ1) is 28.1. The van der Waals surface area contributed by atoms with Gasteiger partial charge in [0, 0.05) is 18.9 Å². The van der Waals surface area contributed by atoms with Crippen molar-refractivity contribution in [3.63, 3.8) is 0 Å². The fourth-order valence-corrected chi connectivity index (χ4v) is 5.34. The molecule has 1 heterocycles. The van der Waals surface area contributed by atoms with Crippen molar-refractivity contribution in [1.29, 1.82) is 0 Å². The summed E-state index contributed by atoms with van der Waals surface area (Å²) in [4.78, 5) is 39.8. The standard InChI is InChI=1S/C24H27F3N5O4P/c1-4-23(5-2,37(34,35)36)15-10-12-16(13-11-15)30-22-29-14-18(24(25,26)27)20(32-22)31-19-9-7-6-8-17(19)21(33)28-3/h6-14H,4-5H2,1-3H3,(H,28,33)(H2,34,35,36)(H2,29,30,31,32). The Morgan fingerprint density at radius 3 is 2.16 bits per heavy atom. The number of para-hydroxylation sites is 1. The lowest BCUT2D eigenvalue weighted by Gasteiger charge is -2.33. The quantitative estimate of drug-likeness (QED) is 0.225. The molecule has 1 amide bonds. The summed E-state index contributed by atoms with van der Waals surface area (Å²) in [5.41, 5.74) is -0.0427. The third-order valence-corrected chi connectivity index (χ3v) is 8.16. The van der Waals surface area contributed by atoms with Crippen LogP contribution in [0.15, 0.2) is 54.7 Å². The Morgan fingerprint density at radius 1 is 1.00 bits per heavy atom. The minimum absolute atomic E-state index is 0.120. The minimum Gasteiger partial charge on any atom is -0.355 e. The molecule has 13 heteroatoms. The molecule has 2 aromatic carbocycles. The van der Waals surface area contributed by atoms with Gasteiger partial charge in [-0.1, -0.05) is 38.1 Å². The van der Waals surface area contributed by atoms with Gasteiger partial charge in [-0.2, -0.15) is 18.2 Å². The number of carbonyl (C=O) groups excluding carboxylic acids is 1. The van der Waals surface area contributed by atoms with Gasteiger partial charge in [0.05, 0.1) is 16.4 Å². The summed E-state index contributed by atoms with van der Waals surface area (Å²) in [7, 11) is -3.07. The van der Waals surface area contributed by atoms with E-state index in [1.54, 1.807) is 50.2 Å². The molecule has 0 saturated carbocycles. The number of halogens is 3.